The van der Waals surface area contributed by atoms with Crippen LogP contribution in [0.3, 0.4) is 0 Å². The van der Waals surface area contributed by atoms with E-state index in [1.807, 2.05) is 0 Å². The van der Waals surface area contributed by atoms with Gasteiger partial charge in [-0.1, -0.05) is 13.3 Å². The number of aryl methyl sites for hydroxylation is 1. The van der Waals surface area contributed by atoms with Crippen molar-refractivity contribution in [1.82, 2.24) is 9.47 Å². The van der Waals surface area contributed by atoms with Crippen molar-refractivity contribution < 1.29 is 0 Å². The van der Waals surface area contributed by atoms with Crippen molar-refractivity contribution in [3.8, 4) is 0 Å². The van der Waals surface area contributed by atoms with Gasteiger partial charge in [0.1, 0.15) is 0 Å². The number of aromatic nitrogens is 1. The van der Waals surface area contributed by atoms with Crippen LogP contribution in [0, 0.1) is 6.92 Å². The summed E-state index contributed by atoms with van der Waals surface area (Å²) in [6.07, 6.45) is 2.18. The van der Waals surface area contributed by atoms with E-state index in [1.54, 1.807) is 0 Å². The van der Waals surface area contributed by atoms with Gasteiger partial charge in [0, 0.05) is 48.8 Å². The Morgan fingerprint density at radius 2 is 1.82 bits per heavy atom. The predicted molar refractivity (Wildman–Crippen MR) is 93.9 cm³/mol. The topological polar surface area (TPSA) is 34.2 Å². The second-order valence-corrected chi connectivity index (χ2v) is 7.09. The first-order chi connectivity index (χ1) is 10.4. The van der Waals surface area contributed by atoms with E-state index in [-0.39, 0.29) is 6.04 Å². The molecule has 120 valence electrons. The zero-order valence-electron chi connectivity index (χ0n) is 14.6. The summed E-state index contributed by atoms with van der Waals surface area (Å²) in [5.74, 6) is 0. The average molecular weight is 299 g/mol. The highest BCUT2D eigenvalue weighted by atomic mass is 15.2. The molecule has 22 heavy (non-hydrogen) atoms. The summed E-state index contributed by atoms with van der Waals surface area (Å²) in [7, 11) is 2.17. The normalized spacial score (nSPS) is 16.7. The molecule has 2 aromatic rings. The highest BCUT2D eigenvalue weighted by Gasteiger charge is 2.24. The first-order valence-corrected chi connectivity index (χ1v) is 8.54. The van der Waals surface area contributed by atoms with Gasteiger partial charge in [-0.2, -0.15) is 0 Å². The van der Waals surface area contributed by atoms with E-state index >= 15 is 0 Å². The molecule has 1 atom stereocenters. The summed E-state index contributed by atoms with van der Waals surface area (Å²) in [5.41, 5.74) is 13.5. The number of nitrogens with two attached hydrogens (primary N) is 1. The van der Waals surface area contributed by atoms with Gasteiger partial charge in [0.15, 0.2) is 0 Å². The molecule has 0 bridgehead atoms. The molecule has 1 aromatic heterocycles. The minimum absolute atomic E-state index is 0.148. The van der Waals surface area contributed by atoms with Gasteiger partial charge in [-0.25, -0.2) is 0 Å². The monoisotopic (exact) mass is 299 g/mol. The lowest BCUT2D eigenvalue weighted by Crippen LogP contribution is -2.24. The first-order valence-electron chi connectivity index (χ1n) is 8.54. The van der Waals surface area contributed by atoms with Gasteiger partial charge >= 0.3 is 0 Å². The Balaban J connectivity index is 2.12. The largest absolute Gasteiger partial charge is 0.348 e. The maximum Gasteiger partial charge on any atom is 0.0486 e. The van der Waals surface area contributed by atoms with Crippen LogP contribution in [0.5, 0.6) is 0 Å². The Hall–Kier alpha value is -1.32. The molecule has 1 unspecified atom stereocenters. The Morgan fingerprint density at radius 1 is 1.18 bits per heavy atom. The third-order valence-electron chi connectivity index (χ3n) is 5.31. The fourth-order valence-electron chi connectivity index (χ4n) is 3.80. The molecule has 0 saturated heterocycles. The highest BCUT2D eigenvalue weighted by Crippen LogP contribution is 2.35. The van der Waals surface area contributed by atoms with Gasteiger partial charge in [0.2, 0.25) is 0 Å². The molecule has 2 heterocycles. The van der Waals surface area contributed by atoms with Crippen molar-refractivity contribution in [1.29, 1.82) is 0 Å². The van der Waals surface area contributed by atoms with E-state index in [1.165, 1.54) is 33.3 Å². The molecule has 0 aliphatic carbocycles. The molecular formula is C19H29N3. The van der Waals surface area contributed by atoms with Crippen molar-refractivity contribution in [3.63, 3.8) is 0 Å². The van der Waals surface area contributed by atoms with E-state index < -0.39 is 0 Å². The summed E-state index contributed by atoms with van der Waals surface area (Å²) in [6, 6.07) is 5.54. The number of fused-ring (bicyclic) bond motifs is 2. The lowest BCUT2D eigenvalue weighted by atomic mass is 9.98. The molecule has 3 rings (SSSR count). The highest BCUT2D eigenvalue weighted by molar-refractivity contribution is 5.87. The molecule has 2 N–H and O–H groups in total. The number of benzene rings is 1. The second kappa shape index (κ2) is 5.71. The van der Waals surface area contributed by atoms with Crippen molar-refractivity contribution in [2.45, 2.75) is 65.7 Å². The SMILES string of the molecule is CCCC(N)c1c(C)n(C)c2cc3c(cc12)CN(C(C)C)C3. The summed E-state index contributed by atoms with van der Waals surface area (Å²) in [4.78, 5) is 2.53. The van der Waals surface area contributed by atoms with Crippen LogP contribution in [0.2, 0.25) is 0 Å². The zero-order chi connectivity index (χ0) is 16.0. The molecule has 0 saturated carbocycles. The van der Waals surface area contributed by atoms with Crippen LogP contribution in [0.1, 0.15) is 62.0 Å². The van der Waals surface area contributed by atoms with Crippen molar-refractivity contribution in [2.24, 2.45) is 12.8 Å². The van der Waals surface area contributed by atoms with Crippen LogP contribution in [0.25, 0.3) is 10.9 Å². The Morgan fingerprint density at radius 3 is 2.41 bits per heavy atom. The van der Waals surface area contributed by atoms with Crippen molar-refractivity contribution in [3.05, 3.63) is 34.5 Å². The van der Waals surface area contributed by atoms with Crippen LogP contribution in [-0.2, 0) is 20.1 Å². The summed E-state index contributed by atoms with van der Waals surface area (Å²) in [5, 5.41) is 1.37. The van der Waals surface area contributed by atoms with E-state index in [9.17, 15) is 0 Å². The number of nitrogens with zero attached hydrogens (tertiary/aromatic N) is 2. The molecule has 1 aliphatic rings. The van der Waals surface area contributed by atoms with Gasteiger partial charge in [-0.3, -0.25) is 4.90 Å². The van der Waals surface area contributed by atoms with E-state index in [0.29, 0.717) is 6.04 Å². The van der Waals surface area contributed by atoms with Crippen molar-refractivity contribution in [2.75, 3.05) is 0 Å². The molecule has 0 amide bonds. The summed E-state index contributed by atoms with van der Waals surface area (Å²) in [6.45, 7) is 11.1. The molecule has 0 fully saturated rings. The lowest BCUT2D eigenvalue weighted by Gasteiger charge is -2.18. The van der Waals surface area contributed by atoms with Gasteiger partial charge < -0.3 is 10.3 Å². The Bertz CT molecular complexity index is 697. The Labute approximate surface area is 134 Å². The van der Waals surface area contributed by atoms with Crippen LogP contribution in [0.15, 0.2) is 12.1 Å². The second-order valence-electron chi connectivity index (χ2n) is 7.09. The maximum atomic E-state index is 6.48. The third kappa shape index (κ3) is 2.37. The van der Waals surface area contributed by atoms with E-state index in [2.05, 4.69) is 56.3 Å². The fourth-order valence-corrected chi connectivity index (χ4v) is 3.80. The molecule has 3 nitrogen and oxygen atoms in total. The fraction of sp³-hybridized carbons (Fsp3) is 0.579. The molecule has 3 heteroatoms. The average Bonchev–Trinajstić information content (AvgIpc) is 2.98. The van der Waals surface area contributed by atoms with Gasteiger partial charge in [0.25, 0.3) is 0 Å². The van der Waals surface area contributed by atoms with Crippen LogP contribution >= 0.6 is 0 Å². The first kappa shape index (κ1) is 15.6. The quantitative estimate of drug-likeness (QED) is 0.925. The number of rotatable bonds is 4. The number of hydrogen-bond donors (Lipinski definition) is 1. The van der Waals surface area contributed by atoms with Gasteiger partial charge in [0.05, 0.1) is 0 Å². The smallest absolute Gasteiger partial charge is 0.0486 e. The minimum Gasteiger partial charge on any atom is -0.348 e. The summed E-state index contributed by atoms with van der Waals surface area (Å²) >= 11 is 0. The summed E-state index contributed by atoms with van der Waals surface area (Å²) < 4.78 is 2.32. The third-order valence-corrected chi connectivity index (χ3v) is 5.31. The zero-order valence-corrected chi connectivity index (χ0v) is 14.6. The molecule has 1 aliphatic heterocycles. The number of hydrogen-bond acceptors (Lipinski definition) is 2. The van der Waals surface area contributed by atoms with Crippen LogP contribution < -0.4 is 5.73 Å². The molecule has 0 radical (unpaired) electrons. The maximum absolute atomic E-state index is 6.48. The van der Waals surface area contributed by atoms with Crippen LogP contribution in [0.4, 0.5) is 0 Å². The lowest BCUT2D eigenvalue weighted by molar-refractivity contribution is 0.227. The molecule has 0 spiro atoms. The molecule has 1 aromatic carbocycles. The van der Waals surface area contributed by atoms with Gasteiger partial charge in [-0.05, 0) is 56.0 Å². The van der Waals surface area contributed by atoms with Crippen LogP contribution in [-0.4, -0.2) is 15.5 Å². The van der Waals surface area contributed by atoms with Gasteiger partial charge in [-0.15, -0.1) is 0 Å². The van der Waals surface area contributed by atoms with E-state index in [4.69, 9.17) is 5.73 Å². The van der Waals surface area contributed by atoms with E-state index in [0.717, 1.165) is 25.9 Å². The predicted octanol–water partition coefficient (Wildman–Crippen LogP) is 4.01. The standard InChI is InChI=1S/C19H29N3/c1-6-7-17(20)19-13(4)21(5)18-9-15-11-22(12(2)3)10-14(15)8-16(18)19/h8-9,12,17H,6-7,10-11,20H2,1-5H3. The molecular weight excluding hydrogens is 270 g/mol. The minimum atomic E-state index is 0.148. The Kier molecular flexibility index (Phi) is 4.04. The van der Waals surface area contributed by atoms with Crippen molar-refractivity contribution >= 4 is 10.9 Å².